The molecule has 3 heterocycles. The Morgan fingerprint density at radius 3 is 2.79 bits per heavy atom. The van der Waals surface area contributed by atoms with E-state index in [9.17, 15) is 9.59 Å². The molecule has 0 bridgehead atoms. The molecule has 5 N–H and O–H groups in total. The van der Waals surface area contributed by atoms with Crippen LogP contribution in [-0.2, 0) is 17.8 Å². The molecule has 3 aliphatic rings. The number of carbonyl (C=O) groups excluding carboxylic acids is 2. The first-order chi connectivity index (χ1) is 18.3. The lowest BCUT2D eigenvalue weighted by Crippen LogP contribution is -2.36. The summed E-state index contributed by atoms with van der Waals surface area (Å²) in [6, 6.07) is 12.9. The third-order valence-corrected chi connectivity index (χ3v) is 6.45. The van der Waals surface area contributed by atoms with Crippen molar-refractivity contribution in [1.82, 2.24) is 19.9 Å². The van der Waals surface area contributed by atoms with Crippen LogP contribution in [0.3, 0.4) is 0 Å². The molecule has 0 spiro atoms. The fourth-order valence-corrected chi connectivity index (χ4v) is 4.65. The maximum absolute atomic E-state index is 12.8. The normalized spacial score (nSPS) is 12.6. The zero-order chi connectivity index (χ0) is 26.8. The zero-order valence-electron chi connectivity index (χ0n) is 21.5. The summed E-state index contributed by atoms with van der Waals surface area (Å²) in [5, 5.41) is 6.62. The van der Waals surface area contributed by atoms with Crippen LogP contribution in [0, 0.1) is 0 Å². The minimum atomic E-state index is -0.485. The van der Waals surface area contributed by atoms with Gasteiger partial charge in [0.1, 0.15) is 17.4 Å². The summed E-state index contributed by atoms with van der Waals surface area (Å²) in [6.07, 6.45) is 2.46. The van der Waals surface area contributed by atoms with Crippen molar-refractivity contribution in [2.45, 2.75) is 13.0 Å². The highest BCUT2D eigenvalue weighted by Gasteiger charge is 2.27. The standard InChI is InChI=1S/C27H30N8O3/c1-34(2)15-23(36)35-11-9-16-12-22(38-3)20(13-21(16)35)31-27-32-25-19(8-10-29-25)26(33-27)30-14-17-6-4-5-7-18(17)24(28)37/h4-8,10,12-13H,9,11,14-15H2,1-3H3,(H2,28,37)(H3,29,30,31,32,33). The number of nitrogens with zero attached hydrogens (tertiary/aromatic N) is 4. The summed E-state index contributed by atoms with van der Waals surface area (Å²) < 4.78 is 5.66. The Balaban J connectivity index is 1.45. The molecular weight excluding hydrogens is 484 g/mol. The van der Waals surface area contributed by atoms with Crippen LogP contribution < -0.4 is 26.0 Å². The Morgan fingerprint density at radius 2 is 2.03 bits per heavy atom. The monoisotopic (exact) mass is 514 g/mol. The molecule has 0 aromatic heterocycles. The second-order valence-corrected chi connectivity index (χ2v) is 9.36. The number of H-pyrrole nitrogens is 1. The van der Waals surface area contributed by atoms with Crippen molar-refractivity contribution < 1.29 is 14.3 Å². The second kappa shape index (κ2) is 10.4. The van der Waals surface area contributed by atoms with Gasteiger partial charge in [0.15, 0.2) is 0 Å². The number of rotatable bonds is 9. The largest absolute Gasteiger partial charge is 0.495 e. The number of likely N-dealkylation sites (N-methyl/N-ethyl adjacent to an activating group) is 1. The van der Waals surface area contributed by atoms with Gasteiger partial charge in [-0.2, -0.15) is 4.98 Å². The van der Waals surface area contributed by atoms with Crippen LogP contribution >= 0.6 is 0 Å². The molecule has 38 heavy (non-hydrogen) atoms. The quantitative estimate of drug-likeness (QED) is 0.267. The van der Waals surface area contributed by atoms with Crippen molar-refractivity contribution in [3.8, 4) is 17.1 Å². The number of ether oxygens (including phenoxy) is 1. The molecule has 11 heteroatoms. The molecule has 0 aliphatic carbocycles. The van der Waals surface area contributed by atoms with Crippen LogP contribution in [0.5, 0.6) is 5.75 Å². The molecular formula is C27H30N8O3. The SMILES string of the molecule is COc1cc2c(cc1Nc1nc(NCc3ccccc3C(N)=O)c3ccnc-3[nH]1)N(C(=O)CN(C)C)CC2. The summed E-state index contributed by atoms with van der Waals surface area (Å²) in [6.45, 7) is 1.31. The van der Waals surface area contributed by atoms with E-state index in [0.717, 1.165) is 28.8 Å². The van der Waals surface area contributed by atoms with Gasteiger partial charge < -0.3 is 35.9 Å². The molecule has 0 atom stereocenters. The molecule has 5 rings (SSSR count). The van der Waals surface area contributed by atoms with Gasteiger partial charge in [0.25, 0.3) is 0 Å². The van der Waals surface area contributed by atoms with E-state index in [4.69, 9.17) is 15.5 Å². The zero-order valence-corrected chi connectivity index (χ0v) is 21.5. The van der Waals surface area contributed by atoms with Crippen molar-refractivity contribution in [3.05, 3.63) is 65.4 Å². The van der Waals surface area contributed by atoms with Gasteiger partial charge in [0, 0.05) is 30.5 Å². The van der Waals surface area contributed by atoms with E-state index in [1.54, 1.807) is 25.4 Å². The van der Waals surface area contributed by atoms with Crippen LogP contribution in [0.25, 0.3) is 11.4 Å². The average Bonchev–Trinajstić information content (AvgIpc) is 3.53. The number of fused-ring (bicyclic) bond motifs is 2. The molecule has 2 aromatic rings. The Bertz CT molecular complexity index is 1460. The van der Waals surface area contributed by atoms with Crippen LogP contribution in [-0.4, -0.2) is 66.0 Å². The third kappa shape index (κ3) is 4.96. The van der Waals surface area contributed by atoms with Gasteiger partial charge in [-0.1, -0.05) is 18.2 Å². The van der Waals surface area contributed by atoms with E-state index >= 15 is 0 Å². The van der Waals surface area contributed by atoms with Gasteiger partial charge in [-0.15, -0.1) is 0 Å². The highest BCUT2D eigenvalue weighted by molar-refractivity contribution is 5.98. The van der Waals surface area contributed by atoms with E-state index in [0.29, 0.717) is 54.2 Å². The number of carbonyl (C=O) groups is 2. The third-order valence-electron chi connectivity index (χ3n) is 6.45. The van der Waals surface area contributed by atoms with Crippen LogP contribution in [0.2, 0.25) is 0 Å². The fourth-order valence-electron chi connectivity index (χ4n) is 4.65. The summed E-state index contributed by atoms with van der Waals surface area (Å²) in [5.74, 6) is 1.85. The highest BCUT2D eigenvalue weighted by atomic mass is 16.5. The van der Waals surface area contributed by atoms with Crippen LogP contribution in [0.15, 0.2) is 48.7 Å². The maximum atomic E-state index is 12.8. The molecule has 0 fully saturated rings. The molecule has 0 saturated heterocycles. The minimum absolute atomic E-state index is 0.0414. The minimum Gasteiger partial charge on any atom is -0.495 e. The number of amides is 2. The average molecular weight is 515 g/mol. The number of hydrogen-bond acceptors (Lipinski definition) is 8. The van der Waals surface area contributed by atoms with Gasteiger partial charge in [-0.3, -0.25) is 9.59 Å². The number of methoxy groups -OCH3 is 1. The second-order valence-electron chi connectivity index (χ2n) is 9.36. The first-order valence-electron chi connectivity index (χ1n) is 12.2. The van der Waals surface area contributed by atoms with Crippen LogP contribution in [0.4, 0.5) is 23.1 Å². The van der Waals surface area contributed by atoms with Gasteiger partial charge in [-0.05, 0) is 55.9 Å². The van der Waals surface area contributed by atoms with E-state index in [1.165, 1.54) is 0 Å². The number of aromatic nitrogens is 3. The maximum Gasteiger partial charge on any atom is 0.249 e. The van der Waals surface area contributed by atoms with E-state index in [1.807, 2.05) is 54.2 Å². The Labute approximate surface area is 220 Å². The number of nitrogens with one attached hydrogen (secondary N) is 3. The number of aromatic amines is 1. The van der Waals surface area contributed by atoms with Crippen molar-refractivity contribution in [2.24, 2.45) is 5.73 Å². The van der Waals surface area contributed by atoms with Gasteiger partial charge in [-0.25, -0.2) is 4.98 Å². The molecule has 0 saturated carbocycles. The van der Waals surface area contributed by atoms with E-state index in [-0.39, 0.29) is 5.91 Å². The summed E-state index contributed by atoms with van der Waals surface area (Å²) in [4.78, 5) is 40.7. The van der Waals surface area contributed by atoms with Crippen LogP contribution in [0.1, 0.15) is 21.5 Å². The lowest BCUT2D eigenvalue weighted by Gasteiger charge is -2.21. The van der Waals surface area contributed by atoms with Gasteiger partial charge >= 0.3 is 0 Å². The highest BCUT2D eigenvalue weighted by Crippen LogP contribution is 2.39. The van der Waals surface area contributed by atoms with E-state index < -0.39 is 5.91 Å². The lowest BCUT2D eigenvalue weighted by molar-refractivity contribution is -0.119. The topological polar surface area (TPSA) is 142 Å². The van der Waals surface area contributed by atoms with Gasteiger partial charge in [0.05, 0.1) is 24.9 Å². The Morgan fingerprint density at radius 1 is 1.21 bits per heavy atom. The molecule has 196 valence electrons. The molecule has 0 unspecified atom stereocenters. The van der Waals surface area contributed by atoms with Gasteiger partial charge in [0.2, 0.25) is 17.8 Å². The number of primary amides is 1. The van der Waals surface area contributed by atoms with Crippen molar-refractivity contribution in [3.63, 3.8) is 0 Å². The summed E-state index contributed by atoms with van der Waals surface area (Å²) in [7, 11) is 5.37. The molecule has 0 radical (unpaired) electrons. The lowest BCUT2D eigenvalue weighted by atomic mass is 10.1. The predicted octanol–water partition coefficient (Wildman–Crippen LogP) is 2.82. The number of hydrogen-bond donors (Lipinski definition) is 4. The number of nitrogens with two attached hydrogens (primary N) is 1. The molecule has 11 nitrogen and oxygen atoms in total. The molecule has 2 aromatic carbocycles. The fraction of sp³-hybridized carbons (Fsp3) is 0.259. The van der Waals surface area contributed by atoms with Crippen molar-refractivity contribution in [1.29, 1.82) is 0 Å². The Hall–Kier alpha value is -4.64. The van der Waals surface area contributed by atoms with E-state index in [2.05, 4.69) is 20.6 Å². The smallest absolute Gasteiger partial charge is 0.249 e. The molecule has 2 amide bonds. The van der Waals surface area contributed by atoms with Crippen molar-refractivity contribution >= 4 is 35.0 Å². The molecule has 3 aliphatic heterocycles. The summed E-state index contributed by atoms with van der Waals surface area (Å²) >= 11 is 0. The first kappa shape index (κ1) is 25.0. The number of anilines is 4. The predicted molar refractivity (Wildman–Crippen MR) is 146 cm³/mol. The summed E-state index contributed by atoms with van der Waals surface area (Å²) in [5.41, 5.74) is 10.1. The Kier molecular flexibility index (Phi) is 6.84. The number of benzene rings is 2. The first-order valence-corrected chi connectivity index (χ1v) is 12.2. The van der Waals surface area contributed by atoms with Crippen molar-refractivity contribution in [2.75, 3.05) is 49.8 Å².